The van der Waals surface area contributed by atoms with Crippen LogP contribution in [0.25, 0.3) is 16.9 Å². The van der Waals surface area contributed by atoms with E-state index in [1.807, 2.05) is 4.80 Å². The van der Waals surface area contributed by atoms with E-state index in [1.54, 1.807) is 0 Å². The van der Waals surface area contributed by atoms with E-state index in [-0.39, 0.29) is 0 Å². The van der Waals surface area contributed by atoms with Gasteiger partial charge >= 0.3 is 0 Å². The summed E-state index contributed by atoms with van der Waals surface area (Å²) in [6.07, 6.45) is 2.12. The topological polar surface area (TPSA) is 21.7 Å². The normalized spacial score (nSPS) is 11.1. The van der Waals surface area contributed by atoms with Crippen LogP contribution in [0.1, 0.15) is 31.0 Å². The maximum atomic E-state index is 4.81. The van der Waals surface area contributed by atoms with Gasteiger partial charge in [0.25, 0.3) is 0 Å². The third-order valence-corrected chi connectivity index (χ3v) is 3.82. The van der Waals surface area contributed by atoms with Crippen LogP contribution in [0.2, 0.25) is 0 Å². The first-order chi connectivity index (χ1) is 10.5. The lowest BCUT2D eigenvalue weighted by molar-refractivity contribution is -0.787. The molecule has 0 unspecified atom stereocenters. The molecule has 0 fully saturated rings. The average Bonchev–Trinajstić information content (AvgIpc) is 2.94. The molecule has 22 heavy (non-hydrogen) atoms. The lowest BCUT2D eigenvalue weighted by Crippen LogP contribution is -2.44. The Labute approximate surface area is 131 Å². The molecule has 0 radical (unpaired) electrons. The summed E-state index contributed by atoms with van der Waals surface area (Å²) in [5, 5.41) is 4.81. The molecule has 3 heteroatoms. The second-order valence-electron chi connectivity index (χ2n) is 6.08. The quantitative estimate of drug-likeness (QED) is 0.668. The van der Waals surface area contributed by atoms with Gasteiger partial charge in [0, 0.05) is 5.56 Å². The minimum atomic E-state index is 0.341. The van der Waals surface area contributed by atoms with E-state index in [2.05, 4.69) is 87.1 Å². The molecule has 3 aromatic rings. The maximum absolute atomic E-state index is 4.81. The van der Waals surface area contributed by atoms with Crippen molar-refractivity contribution in [3.05, 3.63) is 65.9 Å². The summed E-state index contributed by atoms with van der Waals surface area (Å²) in [6.45, 7) is 8.54. The molecule has 0 aliphatic carbocycles. The standard InChI is InChI=1S/C19H22N3/c1-14(2)21-13-19(17-9-5-15(3)6-10-17)20-22(21)18-11-7-16(4)8-12-18/h5-14H,1-4H3/q+1. The number of aromatic nitrogens is 3. The number of rotatable bonds is 3. The van der Waals surface area contributed by atoms with Gasteiger partial charge in [0.2, 0.25) is 5.69 Å². The van der Waals surface area contributed by atoms with Gasteiger partial charge in [-0.2, -0.15) is 4.68 Å². The van der Waals surface area contributed by atoms with Gasteiger partial charge in [-0.05, 0) is 44.6 Å². The fourth-order valence-corrected chi connectivity index (χ4v) is 2.45. The van der Waals surface area contributed by atoms with Crippen molar-refractivity contribution in [2.75, 3.05) is 0 Å². The zero-order valence-electron chi connectivity index (χ0n) is 13.6. The van der Waals surface area contributed by atoms with Crippen molar-refractivity contribution in [1.29, 1.82) is 0 Å². The van der Waals surface area contributed by atoms with E-state index in [0.29, 0.717) is 6.04 Å². The first-order valence-corrected chi connectivity index (χ1v) is 7.70. The number of hydrogen-bond donors (Lipinski definition) is 0. The third-order valence-electron chi connectivity index (χ3n) is 3.82. The first-order valence-electron chi connectivity index (χ1n) is 7.70. The van der Waals surface area contributed by atoms with Crippen LogP contribution in [0.5, 0.6) is 0 Å². The van der Waals surface area contributed by atoms with Crippen LogP contribution >= 0.6 is 0 Å². The Morgan fingerprint density at radius 3 is 1.95 bits per heavy atom. The number of benzene rings is 2. The van der Waals surface area contributed by atoms with Gasteiger partial charge < -0.3 is 0 Å². The summed E-state index contributed by atoms with van der Waals surface area (Å²) in [4.78, 5) is 1.99. The molecule has 0 N–H and O–H groups in total. The van der Waals surface area contributed by atoms with Crippen molar-refractivity contribution in [2.45, 2.75) is 33.7 Å². The van der Waals surface area contributed by atoms with E-state index >= 15 is 0 Å². The molecular weight excluding hydrogens is 270 g/mol. The van der Waals surface area contributed by atoms with Gasteiger partial charge in [-0.1, -0.05) is 47.5 Å². The highest BCUT2D eigenvalue weighted by Gasteiger charge is 2.21. The van der Waals surface area contributed by atoms with Crippen LogP contribution in [0.15, 0.2) is 54.7 Å². The zero-order valence-corrected chi connectivity index (χ0v) is 13.6. The number of hydrogen-bond acceptors (Lipinski definition) is 1. The monoisotopic (exact) mass is 292 g/mol. The summed E-state index contributed by atoms with van der Waals surface area (Å²) in [5.74, 6) is 0. The van der Waals surface area contributed by atoms with Crippen LogP contribution in [0.3, 0.4) is 0 Å². The van der Waals surface area contributed by atoms with Crippen molar-refractivity contribution in [1.82, 2.24) is 9.90 Å². The molecule has 0 aliphatic heterocycles. The minimum absolute atomic E-state index is 0.341. The second-order valence-corrected chi connectivity index (χ2v) is 6.08. The molecule has 0 amide bonds. The highest BCUT2D eigenvalue weighted by atomic mass is 15.6. The Balaban J connectivity index is 2.09. The molecule has 1 heterocycles. The van der Waals surface area contributed by atoms with Gasteiger partial charge in [0.1, 0.15) is 11.7 Å². The second kappa shape index (κ2) is 5.76. The van der Waals surface area contributed by atoms with Crippen molar-refractivity contribution in [3.8, 4) is 16.9 Å². The van der Waals surface area contributed by atoms with E-state index in [1.165, 1.54) is 11.1 Å². The fourth-order valence-electron chi connectivity index (χ4n) is 2.45. The third kappa shape index (κ3) is 2.80. The van der Waals surface area contributed by atoms with Crippen LogP contribution in [-0.2, 0) is 0 Å². The molecule has 0 atom stereocenters. The molecule has 2 aromatic carbocycles. The van der Waals surface area contributed by atoms with Gasteiger partial charge in [-0.25, -0.2) is 0 Å². The molecule has 1 aromatic heterocycles. The van der Waals surface area contributed by atoms with Crippen molar-refractivity contribution in [3.63, 3.8) is 0 Å². The molecule has 0 bridgehead atoms. The number of aryl methyl sites for hydroxylation is 2. The number of nitrogens with zero attached hydrogens (tertiary/aromatic N) is 3. The van der Waals surface area contributed by atoms with Crippen LogP contribution in [0, 0.1) is 13.8 Å². The summed E-state index contributed by atoms with van der Waals surface area (Å²) in [6, 6.07) is 17.3. The van der Waals surface area contributed by atoms with Gasteiger partial charge in [0.05, 0.1) is 5.10 Å². The van der Waals surface area contributed by atoms with Crippen molar-refractivity contribution in [2.24, 2.45) is 0 Å². The lowest BCUT2D eigenvalue weighted by atomic mass is 10.1. The molecule has 0 spiro atoms. The summed E-state index contributed by atoms with van der Waals surface area (Å²) < 4.78 is 2.17. The Hall–Kier alpha value is -2.42. The van der Waals surface area contributed by atoms with Crippen molar-refractivity contribution < 1.29 is 4.68 Å². The SMILES string of the molecule is Cc1ccc(-c2c[n+](C(C)C)n(-c3ccc(C)cc3)n2)cc1. The predicted octanol–water partition coefficient (Wildman–Crippen LogP) is 4.02. The maximum Gasteiger partial charge on any atom is 0.249 e. The van der Waals surface area contributed by atoms with Gasteiger partial charge in [-0.3, -0.25) is 0 Å². The van der Waals surface area contributed by atoms with E-state index in [4.69, 9.17) is 5.10 Å². The zero-order chi connectivity index (χ0) is 15.7. The van der Waals surface area contributed by atoms with Crippen molar-refractivity contribution >= 4 is 0 Å². The van der Waals surface area contributed by atoms with E-state index in [0.717, 1.165) is 16.9 Å². The van der Waals surface area contributed by atoms with Gasteiger partial charge in [-0.15, -0.1) is 0 Å². The summed E-state index contributed by atoms with van der Waals surface area (Å²) in [5.41, 5.74) is 5.74. The Morgan fingerprint density at radius 2 is 1.41 bits per heavy atom. The predicted molar refractivity (Wildman–Crippen MR) is 89.1 cm³/mol. The molecule has 0 saturated heterocycles. The molecule has 3 nitrogen and oxygen atoms in total. The summed E-state index contributed by atoms with van der Waals surface area (Å²) in [7, 11) is 0. The molecule has 0 saturated carbocycles. The highest BCUT2D eigenvalue weighted by Crippen LogP contribution is 2.18. The molecule has 3 rings (SSSR count). The van der Waals surface area contributed by atoms with E-state index in [9.17, 15) is 0 Å². The molecule has 112 valence electrons. The Morgan fingerprint density at radius 1 is 0.864 bits per heavy atom. The minimum Gasteiger partial charge on any atom is -0.153 e. The smallest absolute Gasteiger partial charge is 0.153 e. The Kier molecular flexibility index (Phi) is 3.80. The van der Waals surface area contributed by atoms with Crippen LogP contribution < -0.4 is 4.68 Å². The van der Waals surface area contributed by atoms with Crippen LogP contribution in [-0.4, -0.2) is 9.90 Å². The van der Waals surface area contributed by atoms with Crippen LogP contribution in [0.4, 0.5) is 0 Å². The highest BCUT2D eigenvalue weighted by molar-refractivity contribution is 5.57. The summed E-state index contributed by atoms with van der Waals surface area (Å²) >= 11 is 0. The Bertz CT molecular complexity index is 765. The fraction of sp³-hybridized carbons (Fsp3) is 0.263. The van der Waals surface area contributed by atoms with E-state index < -0.39 is 0 Å². The first kappa shape index (κ1) is 14.5. The molecular formula is C19H22N3+. The van der Waals surface area contributed by atoms with Gasteiger partial charge in [0.15, 0.2) is 6.20 Å². The largest absolute Gasteiger partial charge is 0.249 e. The molecule has 0 aliphatic rings. The lowest BCUT2D eigenvalue weighted by Gasteiger charge is -2.04. The average molecular weight is 292 g/mol.